The third-order valence-electron chi connectivity index (χ3n) is 5.39. The Morgan fingerprint density at radius 2 is 1.75 bits per heavy atom. The first-order valence-electron chi connectivity index (χ1n) is 10.5. The van der Waals surface area contributed by atoms with Crippen LogP contribution in [0.1, 0.15) is 28.4 Å². The van der Waals surface area contributed by atoms with Crippen LogP contribution in [0.5, 0.6) is 0 Å². The van der Waals surface area contributed by atoms with Crippen molar-refractivity contribution in [2.75, 3.05) is 48.7 Å². The van der Waals surface area contributed by atoms with Crippen molar-refractivity contribution in [1.82, 2.24) is 4.90 Å². The fraction of sp³-hybridized carbons (Fsp3) is 0.391. The molecule has 0 aliphatic carbocycles. The van der Waals surface area contributed by atoms with Crippen LogP contribution < -0.4 is 9.62 Å². The number of hydrogen-bond donors (Lipinski definition) is 1. The molecule has 1 heterocycles. The molecule has 0 bridgehead atoms. The van der Waals surface area contributed by atoms with Crippen LogP contribution in [0.4, 0.5) is 11.4 Å². The van der Waals surface area contributed by atoms with Crippen molar-refractivity contribution < 1.29 is 22.7 Å². The quantitative estimate of drug-likeness (QED) is 0.686. The molecular weight excluding hydrogens is 430 g/mol. The summed E-state index contributed by atoms with van der Waals surface area (Å²) in [5.74, 6) is -0.567. The molecule has 3 rings (SSSR count). The number of sulfonamides is 1. The Morgan fingerprint density at radius 3 is 2.34 bits per heavy atom. The Bertz CT molecular complexity index is 1080. The molecule has 1 aliphatic heterocycles. The standard InChI is InChI=1S/C23H29N3O5S/c1-4-18-7-5-6-17(2)22(18)24-21(27)16-26(32(3,29)30)20-10-8-19(9-11-20)23(28)25-12-14-31-15-13-25/h5-11H,4,12-16H2,1-3H3,(H,24,27). The molecule has 0 spiro atoms. The molecule has 0 unspecified atom stereocenters. The summed E-state index contributed by atoms with van der Waals surface area (Å²) in [7, 11) is -3.72. The molecule has 0 radical (unpaired) electrons. The number of anilines is 2. The fourth-order valence-electron chi connectivity index (χ4n) is 3.63. The Labute approximate surface area is 189 Å². The van der Waals surface area contributed by atoms with Crippen LogP contribution in [-0.2, 0) is 26.0 Å². The van der Waals surface area contributed by atoms with Crippen LogP contribution >= 0.6 is 0 Å². The van der Waals surface area contributed by atoms with Gasteiger partial charge in [0.1, 0.15) is 6.54 Å². The van der Waals surface area contributed by atoms with Gasteiger partial charge in [-0.15, -0.1) is 0 Å². The summed E-state index contributed by atoms with van der Waals surface area (Å²) in [5, 5.41) is 2.86. The van der Waals surface area contributed by atoms with Crippen LogP contribution in [0.15, 0.2) is 42.5 Å². The summed E-state index contributed by atoms with van der Waals surface area (Å²) in [6, 6.07) is 12.0. The van der Waals surface area contributed by atoms with Gasteiger partial charge < -0.3 is 15.0 Å². The number of benzene rings is 2. The largest absolute Gasteiger partial charge is 0.378 e. The maximum atomic E-state index is 12.8. The Hall–Kier alpha value is -2.91. The van der Waals surface area contributed by atoms with Gasteiger partial charge in [-0.3, -0.25) is 13.9 Å². The van der Waals surface area contributed by atoms with Crippen molar-refractivity contribution in [1.29, 1.82) is 0 Å². The third-order valence-corrected chi connectivity index (χ3v) is 6.53. The molecule has 1 aliphatic rings. The highest BCUT2D eigenvalue weighted by atomic mass is 32.2. The number of ether oxygens (including phenoxy) is 1. The molecule has 0 atom stereocenters. The van der Waals surface area contributed by atoms with E-state index in [0.717, 1.165) is 28.1 Å². The second kappa shape index (κ2) is 10.1. The number of morpholine rings is 1. The molecule has 0 aromatic heterocycles. The van der Waals surface area contributed by atoms with Gasteiger partial charge in [0.15, 0.2) is 0 Å². The van der Waals surface area contributed by atoms with E-state index in [-0.39, 0.29) is 12.5 Å². The smallest absolute Gasteiger partial charge is 0.254 e. The highest BCUT2D eigenvalue weighted by Crippen LogP contribution is 2.23. The molecule has 172 valence electrons. The molecular formula is C23H29N3O5S. The maximum Gasteiger partial charge on any atom is 0.254 e. The number of rotatable bonds is 7. The summed E-state index contributed by atoms with van der Waals surface area (Å²) in [6.07, 6.45) is 1.80. The molecule has 1 N–H and O–H groups in total. The highest BCUT2D eigenvalue weighted by Gasteiger charge is 2.23. The second-order valence-corrected chi connectivity index (χ2v) is 9.64. The monoisotopic (exact) mass is 459 g/mol. The van der Waals surface area contributed by atoms with Gasteiger partial charge in [0.05, 0.1) is 25.2 Å². The van der Waals surface area contributed by atoms with Gasteiger partial charge in [-0.25, -0.2) is 8.42 Å². The molecule has 0 saturated carbocycles. The topological polar surface area (TPSA) is 96.0 Å². The van der Waals surface area contributed by atoms with Crippen LogP contribution in [0.3, 0.4) is 0 Å². The van der Waals surface area contributed by atoms with Gasteiger partial charge in [-0.2, -0.15) is 0 Å². The first kappa shape index (κ1) is 23.7. The normalized spacial score (nSPS) is 14.2. The summed E-state index contributed by atoms with van der Waals surface area (Å²) < 4.78 is 31.2. The lowest BCUT2D eigenvalue weighted by Gasteiger charge is -2.27. The number of nitrogens with zero attached hydrogens (tertiary/aromatic N) is 2. The van der Waals surface area contributed by atoms with Crippen molar-refractivity contribution in [2.24, 2.45) is 0 Å². The minimum absolute atomic E-state index is 0.129. The van der Waals surface area contributed by atoms with Gasteiger partial charge in [0.2, 0.25) is 15.9 Å². The van der Waals surface area contributed by atoms with E-state index in [1.165, 1.54) is 0 Å². The molecule has 2 aromatic rings. The molecule has 32 heavy (non-hydrogen) atoms. The summed E-state index contributed by atoms with van der Waals surface area (Å²) in [5.41, 5.74) is 3.38. The lowest BCUT2D eigenvalue weighted by molar-refractivity contribution is -0.114. The van der Waals surface area contributed by atoms with Crippen LogP contribution in [0.2, 0.25) is 0 Å². The number of amides is 2. The van der Waals surface area contributed by atoms with Crippen molar-refractivity contribution in [2.45, 2.75) is 20.3 Å². The van der Waals surface area contributed by atoms with Crippen LogP contribution in [-0.4, -0.2) is 64.2 Å². The molecule has 9 heteroatoms. The van der Waals surface area contributed by atoms with E-state index in [2.05, 4.69) is 5.32 Å². The van der Waals surface area contributed by atoms with Crippen molar-refractivity contribution >= 4 is 33.2 Å². The van der Waals surface area contributed by atoms with Crippen molar-refractivity contribution in [3.05, 3.63) is 59.2 Å². The minimum atomic E-state index is -3.72. The summed E-state index contributed by atoms with van der Waals surface area (Å²) in [4.78, 5) is 27.1. The van der Waals surface area contributed by atoms with Gasteiger partial charge in [0, 0.05) is 24.3 Å². The fourth-order valence-corrected chi connectivity index (χ4v) is 4.49. The number of carbonyl (C=O) groups is 2. The number of hydrogen-bond acceptors (Lipinski definition) is 5. The highest BCUT2D eigenvalue weighted by molar-refractivity contribution is 7.92. The first-order valence-corrected chi connectivity index (χ1v) is 12.4. The number of nitrogens with one attached hydrogen (secondary N) is 1. The average Bonchev–Trinajstić information content (AvgIpc) is 2.78. The van der Waals surface area contributed by atoms with E-state index in [1.54, 1.807) is 29.2 Å². The number of aryl methyl sites for hydroxylation is 2. The third kappa shape index (κ3) is 5.66. The zero-order valence-electron chi connectivity index (χ0n) is 18.6. The molecule has 1 fully saturated rings. The van der Waals surface area contributed by atoms with E-state index >= 15 is 0 Å². The first-order chi connectivity index (χ1) is 15.2. The van der Waals surface area contributed by atoms with E-state index in [1.807, 2.05) is 32.0 Å². The van der Waals surface area contributed by atoms with Crippen LogP contribution in [0.25, 0.3) is 0 Å². The van der Waals surface area contributed by atoms with Gasteiger partial charge >= 0.3 is 0 Å². The van der Waals surface area contributed by atoms with E-state index in [0.29, 0.717) is 43.2 Å². The Balaban J connectivity index is 1.77. The predicted molar refractivity (Wildman–Crippen MR) is 125 cm³/mol. The van der Waals surface area contributed by atoms with Gasteiger partial charge in [-0.05, 0) is 48.7 Å². The van der Waals surface area contributed by atoms with E-state index < -0.39 is 15.9 Å². The molecule has 2 amide bonds. The summed E-state index contributed by atoms with van der Waals surface area (Å²) in [6.45, 7) is 5.57. The van der Waals surface area contributed by atoms with Gasteiger partial charge in [0.25, 0.3) is 5.91 Å². The SMILES string of the molecule is CCc1cccc(C)c1NC(=O)CN(c1ccc(C(=O)N2CCOCC2)cc1)S(C)(=O)=O. The second-order valence-electron chi connectivity index (χ2n) is 7.73. The average molecular weight is 460 g/mol. The van der Waals surface area contributed by atoms with Crippen molar-refractivity contribution in [3.63, 3.8) is 0 Å². The molecule has 2 aromatic carbocycles. The van der Waals surface area contributed by atoms with E-state index in [4.69, 9.17) is 4.74 Å². The van der Waals surface area contributed by atoms with Gasteiger partial charge in [-0.1, -0.05) is 25.1 Å². The number of carbonyl (C=O) groups excluding carboxylic acids is 2. The zero-order chi connectivity index (χ0) is 23.3. The minimum Gasteiger partial charge on any atom is -0.378 e. The summed E-state index contributed by atoms with van der Waals surface area (Å²) >= 11 is 0. The van der Waals surface area contributed by atoms with Crippen molar-refractivity contribution in [3.8, 4) is 0 Å². The van der Waals surface area contributed by atoms with E-state index in [9.17, 15) is 18.0 Å². The zero-order valence-corrected chi connectivity index (χ0v) is 19.4. The maximum absolute atomic E-state index is 12.8. The van der Waals surface area contributed by atoms with Crippen LogP contribution in [0, 0.1) is 6.92 Å². The Morgan fingerprint density at radius 1 is 1.09 bits per heavy atom. The predicted octanol–water partition coefficient (Wildman–Crippen LogP) is 2.43. The Kier molecular flexibility index (Phi) is 7.52. The number of para-hydroxylation sites is 1. The lowest BCUT2D eigenvalue weighted by atomic mass is 10.1. The lowest BCUT2D eigenvalue weighted by Crippen LogP contribution is -2.40. The molecule has 1 saturated heterocycles. The molecule has 8 nitrogen and oxygen atoms in total.